The molecule has 0 aromatic carbocycles. The van der Waals surface area contributed by atoms with Crippen LogP contribution in [0.3, 0.4) is 0 Å². The normalized spacial score (nSPS) is 25.8. The van der Waals surface area contributed by atoms with Gasteiger partial charge in [-0.25, -0.2) is 14.5 Å². The van der Waals surface area contributed by atoms with E-state index in [1.165, 1.54) is 12.8 Å². The highest BCUT2D eigenvalue weighted by molar-refractivity contribution is 5.93. The average molecular weight is 520 g/mol. The van der Waals surface area contributed by atoms with Crippen molar-refractivity contribution in [2.45, 2.75) is 88.8 Å². The van der Waals surface area contributed by atoms with E-state index in [-0.39, 0.29) is 24.0 Å². The minimum atomic E-state index is -0.387. The van der Waals surface area contributed by atoms with E-state index < -0.39 is 0 Å². The SMILES string of the molecule is C[C@@H](CNC1CC1)NC1CC(C(=O)Nc2cc3cc(-c4cnc(CO[C@H]5CCC[C@@H]5O)nc4)ccn3n2)C1. The summed E-state index contributed by atoms with van der Waals surface area (Å²) in [5.41, 5.74) is 2.73. The average Bonchev–Trinajstić information content (AvgIpc) is 3.50. The lowest BCUT2D eigenvalue weighted by atomic mass is 9.79. The molecule has 0 radical (unpaired) electrons. The predicted molar refractivity (Wildman–Crippen MR) is 143 cm³/mol. The molecule has 3 aromatic heterocycles. The second kappa shape index (κ2) is 11.1. The zero-order valence-corrected chi connectivity index (χ0v) is 21.8. The Bertz CT molecular complexity index is 1250. The van der Waals surface area contributed by atoms with E-state index in [1.54, 1.807) is 16.9 Å². The number of carbonyl (C=O) groups is 1. The molecule has 1 amide bonds. The van der Waals surface area contributed by atoms with Crippen molar-refractivity contribution in [3.63, 3.8) is 0 Å². The van der Waals surface area contributed by atoms with Gasteiger partial charge in [0.15, 0.2) is 11.6 Å². The first-order valence-corrected chi connectivity index (χ1v) is 13.9. The minimum absolute atomic E-state index is 0.0213. The van der Waals surface area contributed by atoms with Gasteiger partial charge >= 0.3 is 0 Å². The number of fused-ring (bicyclic) bond motifs is 1. The van der Waals surface area contributed by atoms with Gasteiger partial charge in [0.1, 0.15) is 6.61 Å². The molecule has 4 N–H and O–H groups in total. The fourth-order valence-corrected chi connectivity index (χ4v) is 5.38. The summed E-state index contributed by atoms with van der Waals surface area (Å²) in [7, 11) is 0. The van der Waals surface area contributed by atoms with Gasteiger partial charge in [-0.2, -0.15) is 5.10 Å². The molecule has 0 bridgehead atoms. The van der Waals surface area contributed by atoms with E-state index in [2.05, 4.69) is 37.9 Å². The Morgan fingerprint density at radius 1 is 1.13 bits per heavy atom. The van der Waals surface area contributed by atoms with Crippen molar-refractivity contribution in [3.05, 3.63) is 42.6 Å². The summed E-state index contributed by atoms with van der Waals surface area (Å²) in [5, 5.41) is 24.6. The van der Waals surface area contributed by atoms with E-state index in [1.807, 2.05) is 24.4 Å². The Kier molecular flexibility index (Phi) is 7.38. The molecule has 0 aliphatic heterocycles. The van der Waals surface area contributed by atoms with Crippen LogP contribution in [-0.2, 0) is 16.1 Å². The molecule has 10 nitrogen and oxygen atoms in total. The lowest BCUT2D eigenvalue weighted by Gasteiger charge is -2.36. The van der Waals surface area contributed by atoms with Crippen LogP contribution in [0.5, 0.6) is 0 Å². The lowest BCUT2D eigenvalue weighted by Crippen LogP contribution is -2.51. The first-order valence-electron chi connectivity index (χ1n) is 13.9. The van der Waals surface area contributed by atoms with Crippen LogP contribution in [0.2, 0.25) is 0 Å². The summed E-state index contributed by atoms with van der Waals surface area (Å²) in [4.78, 5) is 21.6. The Morgan fingerprint density at radius 3 is 2.68 bits per heavy atom. The third-order valence-corrected chi connectivity index (χ3v) is 7.92. The van der Waals surface area contributed by atoms with E-state index in [4.69, 9.17) is 4.74 Å². The Morgan fingerprint density at radius 2 is 1.95 bits per heavy atom. The van der Waals surface area contributed by atoms with Gasteiger partial charge in [-0.3, -0.25) is 4.79 Å². The molecular weight excluding hydrogens is 482 g/mol. The molecule has 3 aromatic rings. The van der Waals surface area contributed by atoms with Gasteiger partial charge in [-0.1, -0.05) is 0 Å². The summed E-state index contributed by atoms with van der Waals surface area (Å²) >= 11 is 0. The molecule has 10 heteroatoms. The number of amides is 1. The summed E-state index contributed by atoms with van der Waals surface area (Å²) in [6, 6.07) is 7.39. The van der Waals surface area contributed by atoms with Crippen molar-refractivity contribution >= 4 is 17.2 Å². The van der Waals surface area contributed by atoms with Gasteiger partial charge in [0.25, 0.3) is 0 Å². The Balaban J connectivity index is 1.00. The third-order valence-electron chi connectivity index (χ3n) is 7.92. The van der Waals surface area contributed by atoms with Crippen molar-refractivity contribution < 1.29 is 14.6 Å². The maximum atomic E-state index is 12.8. The number of aromatic nitrogens is 4. The highest BCUT2D eigenvalue weighted by Crippen LogP contribution is 2.30. The monoisotopic (exact) mass is 519 g/mol. The molecule has 3 saturated carbocycles. The van der Waals surface area contributed by atoms with E-state index >= 15 is 0 Å². The van der Waals surface area contributed by atoms with Crippen LogP contribution >= 0.6 is 0 Å². The van der Waals surface area contributed by atoms with E-state index in [0.717, 1.165) is 61.3 Å². The van der Waals surface area contributed by atoms with Gasteiger partial charge in [0.2, 0.25) is 5.91 Å². The number of ether oxygens (including phenoxy) is 1. The van der Waals surface area contributed by atoms with Crippen molar-refractivity contribution in [1.29, 1.82) is 0 Å². The van der Waals surface area contributed by atoms with Crippen LogP contribution in [0, 0.1) is 5.92 Å². The minimum Gasteiger partial charge on any atom is -0.390 e. The van der Waals surface area contributed by atoms with Crippen LogP contribution in [0.1, 0.15) is 57.7 Å². The number of hydrogen-bond donors (Lipinski definition) is 4. The van der Waals surface area contributed by atoms with Gasteiger partial charge in [0, 0.05) is 60.8 Å². The maximum absolute atomic E-state index is 12.8. The van der Waals surface area contributed by atoms with Crippen LogP contribution in [0.15, 0.2) is 36.8 Å². The number of anilines is 1. The van der Waals surface area contributed by atoms with Crippen molar-refractivity contribution in [2.24, 2.45) is 5.92 Å². The van der Waals surface area contributed by atoms with Crippen LogP contribution in [0.4, 0.5) is 5.82 Å². The van der Waals surface area contributed by atoms with Crippen molar-refractivity contribution in [2.75, 3.05) is 11.9 Å². The maximum Gasteiger partial charge on any atom is 0.228 e. The summed E-state index contributed by atoms with van der Waals surface area (Å²) in [5.74, 6) is 1.21. The van der Waals surface area contributed by atoms with Gasteiger partial charge in [-0.05, 0) is 69.6 Å². The number of rotatable bonds is 11. The van der Waals surface area contributed by atoms with Gasteiger partial charge in [-0.15, -0.1) is 0 Å². The lowest BCUT2D eigenvalue weighted by molar-refractivity contribution is -0.123. The molecule has 38 heavy (non-hydrogen) atoms. The molecule has 3 atom stereocenters. The molecule has 0 unspecified atom stereocenters. The molecule has 202 valence electrons. The van der Waals surface area contributed by atoms with Crippen molar-refractivity contribution in [1.82, 2.24) is 30.2 Å². The number of aliphatic hydroxyl groups excluding tert-OH is 1. The molecule has 6 rings (SSSR count). The molecule has 0 spiro atoms. The molecule has 3 aliphatic carbocycles. The van der Waals surface area contributed by atoms with Gasteiger partial charge in [0.05, 0.1) is 17.7 Å². The Labute approximate surface area is 222 Å². The highest BCUT2D eigenvalue weighted by Gasteiger charge is 2.35. The van der Waals surface area contributed by atoms with Crippen LogP contribution in [0.25, 0.3) is 16.6 Å². The van der Waals surface area contributed by atoms with E-state index in [0.29, 0.717) is 30.3 Å². The predicted octanol–water partition coefficient (Wildman–Crippen LogP) is 2.67. The summed E-state index contributed by atoms with van der Waals surface area (Å²) in [6.07, 6.45) is 11.9. The quantitative estimate of drug-likeness (QED) is 0.305. The smallest absolute Gasteiger partial charge is 0.228 e. The number of carbonyl (C=O) groups excluding carboxylic acids is 1. The zero-order valence-electron chi connectivity index (χ0n) is 21.8. The van der Waals surface area contributed by atoms with Crippen molar-refractivity contribution in [3.8, 4) is 11.1 Å². The van der Waals surface area contributed by atoms with Crippen LogP contribution < -0.4 is 16.0 Å². The molecule has 0 saturated heterocycles. The number of nitrogens with zero attached hydrogens (tertiary/aromatic N) is 4. The first kappa shape index (κ1) is 25.4. The number of hydrogen-bond acceptors (Lipinski definition) is 8. The number of pyridine rings is 1. The summed E-state index contributed by atoms with van der Waals surface area (Å²) in [6.45, 7) is 3.48. The fourth-order valence-electron chi connectivity index (χ4n) is 5.38. The molecule has 3 heterocycles. The zero-order chi connectivity index (χ0) is 26.1. The third kappa shape index (κ3) is 6.04. The number of nitrogens with one attached hydrogen (secondary N) is 3. The Hall–Kier alpha value is -2.92. The topological polar surface area (TPSA) is 126 Å². The standard InChI is InChI=1S/C28H37N7O3/c1-17(13-29-21-5-6-21)32-22-9-19(10-22)28(37)33-26-12-23-11-18(7-8-35(23)34-26)20-14-30-27(31-15-20)16-38-25-4-2-3-24(25)36/h7-8,11-12,14-15,17,19,21-22,24-25,29,32,36H,2-6,9-10,13,16H2,1H3,(H,33,34,37)/t17-,19?,22?,24-,25-/m0/s1. The molecule has 3 fully saturated rings. The van der Waals surface area contributed by atoms with Crippen LogP contribution in [-0.4, -0.2) is 67.5 Å². The largest absolute Gasteiger partial charge is 0.390 e. The summed E-state index contributed by atoms with van der Waals surface area (Å²) < 4.78 is 7.54. The molecular formula is C28H37N7O3. The molecule has 3 aliphatic rings. The number of aliphatic hydroxyl groups is 1. The first-order chi connectivity index (χ1) is 18.5. The second-order valence-corrected chi connectivity index (χ2v) is 11.2. The fraction of sp³-hybridized carbons (Fsp3) is 0.571. The van der Waals surface area contributed by atoms with Gasteiger partial charge < -0.3 is 25.8 Å². The second-order valence-electron chi connectivity index (χ2n) is 11.2. The van der Waals surface area contributed by atoms with E-state index in [9.17, 15) is 9.90 Å². The highest BCUT2D eigenvalue weighted by atomic mass is 16.5.